The number of fused-ring (bicyclic) bond motifs is 1. The molecule has 2 aromatic heterocycles. The fraction of sp³-hybridized carbons (Fsp3) is 0.526. The van der Waals surface area contributed by atoms with Crippen molar-refractivity contribution >= 4 is 40.0 Å². The first-order valence-electron chi connectivity index (χ1n) is 9.03. The minimum atomic E-state index is -0.368. The lowest BCUT2D eigenvalue weighted by molar-refractivity contribution is -0.113. The van der Waals surface area contributed by atoms with Gasteiger partial charge in [0.15, 0.2) is 0 Å². The second-order valence-electron chi connectivity index (χ2n) is 6.60. The van der Waals surface area contributed by atoms with Crippen LogP contribution >= 0.6 is 23.1 Å². The summed E-state index contributed by atoms with van der Waals surface area (Å²) in [7, 11) is 1.38. The van der Waals surface area contributed by atoms with Crippen molar-refractivity contribution in [2.45, 2.75) is 51.7 Å². The second-order valence-corrected chi connectivity index (χ2v) is 8.69. The molecule has 0 spiro atoms. The van der Waals surface area contributed by atoms with Crippen LogP contribution in [0.3, 0.4) is 0 Å². The van der Waals surface area contributed by atoms with Gasteiger partial charge in [0.1, 0.15) is 10.8 Å². The second kappa shape index (κ2) is 8.93. The van der Waals surface area contributed by atoms with Gasteiger partial charge in [0.2, 0.25) is 5.91 Å². The number of thiophene rings is 1. The number of methoxy groups -OCH3 is 1. The molecule has 0 saturated heterocycles. The highest BCUT2D eigenvalue weighted by molar-refractivity contribution is 7.99. The zero-order valence-corrected chi connectivity index (χ0v) is 17.5. The first kappa shape index (κ1) is 19.9. The first-order valence-corrected chi connectivity index (χ1v) is 11.0. The molecule has 0 bridgehead atoms. The van der Waals surface area contributed by atoms with Crippen molar-refractivity contribution < 1.29 is 18.8 Å². The number of esters is 1. The molecule has 1 amide bonds. The zero-order chi connectivity index (χ0) is 19.4. The smallest absolute Gasteiger partial charge is 0.341 e. The molecule has 3 rings (SSSR count). The highest BCUT2D eigenvalue weighted by Gasteiger charge is 2.26. The van der Waals surface area contributed by atoms with E-state index in [1.165, 1.54) is 41.5 Å². The molecule has 0 fully saturated rings. The lowest BCUT2D eigenvalue weighted by Crippen LogP contribution is -2.16. The van der Waals surface area contributed by atoms with Crippen LogP contribution in [0.4, 0.5) is 5.00 Å². The number of carbonyl (C=O) groups excluding carboxylic acids is 2. The quantitative estimate of drug-likeness (QED) is 0.567. The molecule has 1 aliphatic carbocycles. The third-order valence-electron chi connectivity index (χ3n) is 4.72. The molecule has 146 valence electrons. The third-order valence-corrected chi connectivity index (χ3v) is 6.89. The Bertz CT molecular complexity index is 822. The summed E-state index contributed by atoms with van der Waals surface area (Å²) in [5, 5.41) is 7.48. The Morgan fingerprint density at radius 1 is 1.26 bits per heavy atom. The van der Waals surface area contributed by atoms with Crippen LogP contribution in [0, 0.1) is 13.8 Å². The standard InChI is InChI=1S/C19H24N2O4S2/c1-11-14(12(2)25-21-11)9-26-10-16(22)20-18-17(19(23)24-3)13-7-5-4-6-8-15(13)27-18/h4-10H2,1-3H3,(H,20,22). The van der Waals surface area contributed by atoms with Gasteiger partial charge in [-0.3, -0.25) is 4.79 Å². The summed E-state index contributed by atoms with van der Waals surface area (Å²) in [5.41, 5.74) is 3.49. The van der Waals surface area contributed by atoms with Crippen molar-refractivity contribution in [2.24, 2.45) is 0 Å². The Labute approximate surface area is 167 Å². The number of hydrogen-bond acceptors (Lipinski definition) is 7. The Morgan fingerprint density at radius 3 is 2.74 bits per heavy atom. The molecule has 0 radical (unpaired) electrons. The van der Waals surface area contributed by atoms with E-state index < -0.39 is 0 Å². The number of nitrogens with zero attached hydrogens (tertiary/aromatic N) is 1. The molecule has 0 aromatic carbocycles. The van der Waals surface area contributed by atoms with Crippen molar-refractivity contribution in [1.82, 2.24) is 5.16 Å². The van der Waals surface area contributed by atoms with Crippen LogP contribution in [0.25, 0.3) is 0 Å². The van der Waals surface area contributed by atoms with Crippen LogP contribution in [0.5, 0.6) is 0 Å². The van der Waals surface area contributed by atoms with Crippen molar-refractivity contribution in [3.05, 3.63) is 33.0 Å². The number of aromatic nitrogens is 1. The van der Waals surface area contributed by atoms with E-state index in [9.17, 15) is 9.59 Å². The minimum absolute atomic E-state index is 0.117. The molecule has 1 N–H and O–H groups in total. The molecule has 0 unspecified atom stereocenters. The molecule has 6 nitrogen and oxygen atoms in total. The third kappa shape index (κ3) is 4.55. The van der Waals surface area contributed by atoms with Gasteiger partial charge in [-0.1, -0.05) is 11.6 Å². The largest absolute Gasteiger partial charge is 0.465 e. The van der Waals surface area contributed by atoms with Gasteiger partial charge in [-0.05, 0) is 45.1 Å². The number of hydrogen-bond donors (Lipinski definition) is 1. The van der Waals surface area contributed by atoms with E-state index >= 15 is 0 Å². The lowest BCUT2D eigenvalue weighted by Gasteiger charge is -2.07. The average molecular weight is 409 g/mol. The number of anilines is 1. The number of carbonyl (C=O) groups is 2. The summed E-state index contributed by atoms with van der Waals surface area (Å²) < 4.78 is 10.1. The lowest BCUT2D eigenvalue weighted by atomic mass is 10.1. The van der Waals surface area contributed by atoms with E-state index in [4.69, 9.17) is 9.26 Å². The molecular weight excluding hydrogens is 384 g/mol. The number of ether oxygens (including phenoxy) is 1. The van der Waals surface area contributed by atoms with Crippen LogP contribution in [0.2, 0.25) is 0 Å². The number of thioether (sulfide) groups is 1. The molecule has 1 aliphatic rings. The van der Waals surface area contributed by atoms with Gasteiger partial charge < -0.3 is 14.6 Å². The van der Waals surface area contributed by atoms with Crippen LogP contribution in [0.15, 0.2) is 4.52 Å². The van der Waals surface area contributed by atoms with Gasteiger partial charge in [-0.25, -0.2) is 4.79 Å². The molecule has 0 saturated carbocycles. The van der Waals surface area contributed by atoms with Gasteiger partial charge in [-0.15, -0.1) is 23.1 Å². The Kier molecular flexibility index (Phi) is 6.59. The Balaban J connectivity index is 1.67. The molecule has 0 atom stereocenters. The fourth-order valence-electron chi connectivity index (χ4n) is 3.27. The van der Waals surface area contributed by atoms with E-state index in [1.54, 1.807) is 0 Å². The van der Waals surface area contributed by atoms with Crippen molar-refractivity contribution in [2.75, 3.05) is 18.2 Å². The topological polar surface area (TPSA) is 81.4 Å². The molecule has 2 heterocycles. The van der Waals surface area contributed by atoms with Gasteiger partial charge in [0, 0.05) is 16.2 Å². The van der Waals surface area contributed by atoms with Crippen LogP contribution < -0.4 is 5.32 Å². The average Bonchev–Trinajstić information content (AvgIpc) is 3.04. The maximum absolute atomic E-state index is 12.4. The van der Waals surface area contributed by atoms with E-state index in [0.717, 1.165) is 48.3 Å². The van der Waals surface area contributed by atoms with E-state index in [2.05, 4.69) is 10.5 Å². The highest BCUT2D eigenvalue weighted by Crippen LogP contribution is 2.38. The van der Waals surface area contributed by atoms with E-state index in [0.29, 0.717) is 22.1 Å². The summed E-state index contributed by atoms with van der Waals surface area (Å²) in [6, 6.07) is 0. The van der Waals surface area contributed by atoms with E-state index in [1.807, 2.05) is 13.8 Å². The summed E-state index contributed by atoms with van der Waals surface area (Å²) >= 11 is 3.02. The van der Waals surface area contributed by atoms with Crippen LogP contribution in [-0.2, 0) is 28.1 Å². The molecule has 27 heavy (non-hydrogen) atoms. The maximum atomic E-state index is 12.4. The number of aryl methyl sites for hydroxylation is 3. The van der Waals surface area contributed by atoms with Gasteiger partial charge >= 0.3 is 5.97 Å². The van der Waals surface area contributed by atoms with Crippen LogP contribution in [-0.4, -0.2) is 29.9 Å². The fourth-order valence-corrected chi connectivity index (χ4v) is 5.53. The molecular formula is C19H24N2O4S2. The highest BCUT2D eigenvalue weighted by atomic mass is 32.2. The SMILES string of the molecule is COC(=O)c1c(NC(=O)CSCc2c(C)noc2C)sc2c1CCCCC2. The zero-order valence-electron chi connectivity index (χ0n) is 15.8. The van der Waals surface area contributed by atoms with Crippen molar-refractivity contribution in [3.8, 4) is 0 Å². The minimum Gasteiger partial charge on any atom is -0.465 e. The summed E-state index contributed by atoms with van der Waals surface area (Å²) in [4.78, 5) is 26.0. The number of amides is 1. The van der Waals surface area contributed by atoms with Crippen molar-refractivity contribution in [3.63, 3.8) is 0 Å². The summed E-state index contributed by atoms with van der Waals surface area (Å²) in [6.45, 7) is 3.77. The van der Waals surface area contributed by atoms with E-state index in [-0.39, 0.29) is 11.9 Å². The normalized spacial score (nSPS) is 13.7. The number of nitrogens with one attached hydrogen (secondary N) is 1. The summed E-state index contributed by atoms with van der Waals surface area (Å²) in [6.07, 6.45) is 5.18. The molecule has 0 aliphatic heterocycles. The first-order chi connectivity index (χ1) is 13.0. The predicted molar refractivity (Wildman–Crippen MR) is 108 cm³/mol. The molecule has 8 heteroatoms. The van der Waals surface area contributed by atoms with Gasteiger partial charge in [-0.2, -0.15) is 0 Å². The van der Waals surface area contributed by atoms with Gasteiger partial charge in [0.05, 0.1) is 24.1 Å². The summed E-state index contributed by atoms with van der Waals surface area (Å²) in [5.74, 6) is 1.27. The Morgan fingerprint density at radius 2 is 2.04 bits per heavy atom. The predicted octanol–water partition coefficient (Wildman–Crippen LogP) is 4.28. The van der Waals surface area contributed by atoms with Crippen molar-refractivity contribution in [1.29, 1.82) is 0 Å². The van der Waals surface area contributed by atoms with Crippen LogP contribution in [0.1, 0.15) is 57.1 Å². The van der Waals surface area contributed by atoms with Gasteiger partial charge in [0.25, 0.3) is 0 Å². The molecule has 2 aromatic rings. The maximum Gasteiger partial charge on any atom is 0.341 e. The Hall–Kier alpha value is -1.80. The number of rotatable bonds is 6. The monoisotopic (exact) mass is 408 g/mol.